The molecule has 0 N–H and O–H groups in total. The average Bonchev–Trinajstić information content (AvgIpc) is 2.61. The normalized spacial score (nSPS) is 16.5. The Balaban J connectivity index is 1.95. The van der Waals surface area contributed by atoms with Crippen LogP contribution in [0.4, 0.5) is 5.82 Å². The minimum absolute atomic E-state index is 0.00608. The van der Waals surface area contributed by atoms with Gasteiger partial charge < -0.3 is 14.5 Å². The Kier molecular flexibility index (Phi) is 4.42. The molecule has 0 saturated heterocycles. The van der Waals surface area contributed by atoms with E-state index in [-0.39, 0.29) is 11.9 Å². The smallest absolute Gasteiger partial charge is 0.258 e. The maximum absolute atomic E-state index is 13.1. The number of ether oxygens (including phenoxy) is 1. The lowest BCUT2D eigenvalue weighted by atomic mass is 9.92. The van der Waals surface area contributed by atoms with Crippen LogP contribution in [-0.4, -0.2) is 43.5 Å². The van der Waals surface area contributed by atoms with Crippen molar-refractivity contribution in [2.45, 2.75) is 19.4 Å². The topological polar surface area (TPSA) is 45.7 Å². The fraction of sp³-hybridized carbons (Fsp3) is 0.368. The number of carbonyl (C=O) groups excluding carboxylic acids is 1. The second-order valence-corrected chi connectivity index (χ2v) is 6.26. The van der Waals surface area contributed by atoms with Gasteiger partial charge in [-0.1, -0.05) is 6.07 Å². The molecular weight excluding hydrogens is 302 g/mol. The van der Waals surface area contributed by atoms with E-state index >= 15 is 0 Å². The lowest BCUT2D eigenvalue weighted by molar-refractivity contribution is 0.0677. The van der Waals surface area contributed by atoms with Crippen molar-refractivity contribution in [2.24, 2.45) is 0 Å². The highest BCUT2D eigenvalue weighted by Crippen LogP contribution is 2.33. The molecule has 1 aliphatic heterocycles. The van der Waals surface area contributed by atoms with Gasteiger partial charge in [-0.05, 0) is 48.7 Å². The highest BCUT2D eigenvalue weighted by molar-refractivity contribution is 5.99. The van der Waals surface area contributed by atoms with E-state index in [9.17, 15) is 4.79 Å². The van der Waals surface area contributed by atoms with Gasteiger partial charge in [0, 0.05) is 26.8 Å². The molecule has 0 fully saturated rings. The summed E-state index contributed by atoms with van der Waals surface area (Å²) in [7, 11) is 5.47. The van der Waals surface area contributed by atoms with E-state index in [1.807, 2.05) is 48.2 Å². The van der Waals surface area contributed by atoms with Crippen molar-refractivity contribution >= 4 is 11.7 Å². The van der Waals surface area contributed by atoms with Crippen LogP contribution in [0.15, 0.2) is 36.5 Å². The number of amides is 1. The molecule has 0 aliphatic carbocycles. The molecule has 2 aromatic rings. The van der Waals surface area contributed by atoms with Gasteiger partial charge in [0.15, 0.2) is 0 Å². The monoisotopic (exact) mass is 325 g/mol. The molecule has 0 bridgehead atoms. The van der Waals surface area contributed by atoms with Crippen LogP contribution in [0.3, 0.4) is 0 Å². The number of rotatable bonds is 3. The van der Waals surface area contributed by atoms with Gasteiger partial charge in [-0.3, -0.25) is 4.79 Å². The molecule has 5 nitrogen and oxygen atoms in total. The maximum atomic E-state index is 13.1. The third-order valence-electron chi connectivity index (χ3n) is 4.59. The summed E-state index contributed by atoms with van der Waals surface area (Å²) in [5, 5.41) is 0. The summed E-state index contributed by atoms with van der Waals surface area (Å²) >= 11 is 0. The Morgan fingerprint density at radius 2 is 2.12 bits per heavy atom. The van der Waals surface area contributed by atoms with Crippen molar-refractivity contribution < 1.29 is 9.53 Å². The zero-order chi connectivity index (χ0) is 17.3. The molecule has 0 saturated carbocycles. The molecule has 1 aromatic carbocycles. The second-order valence-electron chi connectivity index (χ2n) is 6.26. The van der Waals surface area contributed by atoms with E-state index in [4.69, 9.17) is 4.74 Å². The van der Waals surface area contributed by atoms with Crippen molar-refractivity contribution in [3.8, 4) is 5.75 Å². The third-order valence-corrected chi connectivity index (χ3v) is 4.59. The van der Waals surface area contributed by atoms with Crippen molar-refractivity contribution in [1.82, 2.24) is 9.88 Å². The van der Waals surface area contributed by atoms with E-state index in [1.165, 1.54) is 5.56 Å². The van der Waals surface area contributed by atoms with E-state index in [0.717, 1.165) is 17.7 Å². The van der Waals surface area contributed by atoms with Gasteiger partial charge in [0.25, 0.3) is 5.91 Å². The second kappa shape index (κ2) is 6.51. The zero-order valence-corrected chi connectivity index (χ0v) is 14.6. The van der Waals surface area contributed by atoms with Crippen LogP contribution in [0.2, 0.25) is 0 Å². The number of fused-ring (bicyclic) bond motifs is 1. The standard InChI is InChI=1S/C19H23N3O2/c1-13-17-12-15(24-4)8-7-14(17)9-11-22(13)19(23)16-6-5-10-20-18(16)21(2)3/h5-8,10,12-13H,9,11H2,1-4H3. The summed E-state index contributed by atoms with van der Waals surface area (Å²) in [5.41, 5.74) is 3.08. The Hall–Kier alpha value is -2.56. The number of nitrogens with zero attached hydrogens (tertiary/aromatic N) is 3. The van der Waals surface area contributed by atoms with Crippen molar-refractivity contribution in [3.63, 3.8) is 0 Å². The number of pyridine rings is 1. The highest BCUT2D eigenvalue weighted by atomic mass is 16.5. The van der Waals surface area contributed by atoms with Gasteiger partial charge in [0.05, 0.1) is 18.7 Å². The molecule has 1 aliphatic rings. The van der Waals surface area contributed by atoms with Gasteiger partial charge in [-0.25, -0.2) is 4.98 Å². The number of carbonyl (C=O) groups is 1. The van der Waals surface area contributed by atoms with Crippen LogP contribution in [-0.2, 0) is 6.42 Å². The fourth-order valence-corrected chi connectivity index (χ4v) is 3.27. The van der Waals surface area contributed by atoms with Crippen LogP contribution in [0.5, 0.6) is 5.75 Å². The van der Waals surface area contributed by atoms with Crippen LogP contribution in [0, 0.1) is 0 Å². The molecule has 0 spiro atoms. The van der Waals surface area contributed by atoms with E-state index in [1.54, 1.807) is 13.3 Å². The first-order valence-electron chi connectivity index (χ1n) is 8.13. The number of hydrogen-bond donors (Lipinski definition) is 0. The lowest BCUT2D eigenvalue weighted by Gasteiger charge is -2.36. The maximum Gasteiger partial charge on any atom is 0.258 e. The molecule has 24 heavy (non-hydrogen) atoms. The summed E-state index contributed by atoms with van der Waals surface area (Å²) in [6, 6.07) is 9.78. The third kappa shape index (κ3) is 2.82. The zero-order valence-electron chi connectivity index (χ0n) is 14.6. The first-order valence-corrected chi connectivity index (χ1v) is 8.13. The molecule has 5 heteroatoms. The van der Waals surface area contributed by atoms with Crippen molar-refractivity contribution in [1.29, 1.82) is 0 Å². The molecule has 1 unspecified atom stereocenters. The first-order chi connectivity index (χ1) is 11.5. The predicted molar refractivity (Wildman–Crippen MR) is 94.7 cm³/mol. The average molecular weight is 325 g/mol. The quantitative estimate of drug-likeness (QED) is 0.870. The van der Waals surface area contributed by atoms with Crippen LogP contribution >= 0.6 is 0 Å². The van der Waals surface area contributed by atoms with Gasteiger partial charge in [0.2, 0.25) is 0 Å². The van der Waals surface area contributed by atoms with Crippen LogP contribution < -0.4 is 9.64 Å². The van der Waals surface area contributed by atoms with Crippen LogP contribution in [0.1, 0.15) is 34.5 Å². The number of hydrogen-bond acceptors (Lipinski definition) is 4. The molecule has 1 aromatic heterocycles. The fourth-order valence-electron chi connectivity index (χ4n) is 3.27. The van der Waals surface area contributed by atoms with Gasteiger partial charge >= 0.3 is 0 Å². The van der Waals surface area contributed by atoms with E-state index in [0.29, 0.717) is 17.9 Å². The first kappa shape index (κ1) is 16.3. The molecular formula is C19H23N3O2. The molecule has 3 rings (SSSR count). The summed E-state index contributed by atoms with van der Waals surface area (Å²) in [4.78, 5) is 21.3. The SMILES string of the molecule is COc1ccc2c(c1)C(C)N(C(=O)c1cccnc1N(C)C)CC2. The number of methoxy groups -OCH3 is 1. The van der Waals surface area contributed by atoms with Gasteiger partial charge in [-0.2, -0.15) is 0 Å². The molecule has 1 amide bonds. The Morgan fingerprint density at radius 3 is 2.83 bits per heavy atom. The predicted octanol–water partition coefficient (Wildman–Crippen LogP) is 2.92. The number of aromatic nitrogens is 1. The minimum Gasteiger partial charge on any atom is -0.497 e. The molecule has 2 heterocycles. The highest BCUT2D eigenvalue weighted by Gasteiger charge is 2.30. The van der Waals surface area contributed by atoms with E-state index in [2.05, 4.69) is 18.0 Å². The van der Waals surface area contributed by atoms with E-state index < -0.39 is 0 Å². The summed E-state index contributed by atoms with van der Waals surface area (Å²) < 4.78 is 5.34. The summed E-state index contributed by atoms with van der Waals surface area (Å²) in [6.07, 6.45) is 2.57. The summed E-state index contributed by atoms with van der Waals surface area (Å²) in [5.74, 6) is 1.55. The van der Waals surface area contributed by atoms with Crippen molar-refractivity contribution in [2.75, 3.05) is 32.6 Å². The van der Waals surface area contributed by atoms with Gasteiger partial charge in [0.1, 0.15) is 11.6 Å². The van der Waals surface area contributed by atoms with Crippen LogP contribution in [0.25, 0.3) is 0 Å². The minimum atomic E-state index is 0.00608. The summed E-state index contributed by atoms with van der Waals surface area (Å²) in [6.45, 7) is 2.78. The Bertz CT molecular complexity index is 758. The van der Waals surface area contributed by atoms with Crippen molar-refractivity contribution in [3.05, 3.63) is 53.2 Å². The van der Waals surface area contributed by atoms with Gasteiger partial charge in [-0.15, -0.1) is 0 Å². The molecule has 126 valence electrons. The largest absolute Gasteiger partial charge is 0.497 e. The molecule has 1 atom stereocenters. The number of benzene rings is 1. The Morgan fingerprint density at radius 1 is 1.33 bits per heavy atom. The Labute approximate surface area is 142 Å². The number of anilines is 1. The lowest BCUT2D eigenvalue weighted by Crippen LogP contribution is -2.39. The molecule has 0 radical (unpaired) electrons.